The van der Waals surface area contributed by atoms with Crippen molar-refractivity contribution in [3.05, 3.63) is 47.2 Å². The van der Waals surface area contributed by atoms with Gasteiger partial charge in [0.15, 0.2) is 12.0 Å². The highest BCUT2D eigenvalue weighted by atomic mass is 16.4. The molecule has 1 amide bonds. The second kappa shape index (κ2) is 4.89. The van der Waals surface area contributed by atoms with E-state index in [0.717, 1.165) is 12.0 Å². The van der Waals surface area contributed by atoms with Gasteiger partial charge in [0.1, 0.15) is 5.76 Å². The van der Waals surface area contributed by atoms with Crippen molar-refractivity contribution in [1.82, 2.24) is 9.99 Å². The highest BCUT2D eigenvalue weighted by Gasteiger charge is 2.11. The van der Waals surface area contributed by atoms with Crippen molar-refractivity contribution in [2.75, 3.05) is 0 Å². The van der Waals surface area contributed by atoms with E-state index in [2.05, 4.69) is 0 Å². The van der Waals surface area contributed by atoms with Crippen molar-refractivity contribution in [2.45, 2.75) is 13.5 Å². The van der Waals surface area contributed by atoms with E-state index >= 15 is 0 Å². The topological polar surface area (TPSA) is 90.3 Å². The van der Waals surface area contributed by atoms with Crippen LogP contribution in [0.5, 0.6) is 0 Å². The van der Waals surface area contributed by atoms with E-state index in [1.165, 1.54) is 6.07 Å². The maximum atomic E-state index is 11.2. The van der Waals surface area contributed by atoms with Crippen LogP contribution in [0.25, 0.3) is 0 Å². The fourth-order valence-electron chi connectivity index (χ4n) is 1.72. The number of aldehydes is 1. The smallest absolute Gasteiger partial charge is 0.300 e. The number of aromatic nitrogens is 1. The van der Waals surface area contributed by atoms with Gasteiger partial charge >= 0.3 is 5.91 Å². The van der Waals surface area contributed by atoms with Gasteiger partial charge in [0.2, 0.25) is 0 Å². The largest absolute Gasteiger partial charge is 0.454 e. The molecule has 0 aromatic carbocycles. The van der Waals surface area contributed by atoms with Crippen LogP contribution in [0, 0.1) is 6.92 Å². The molecule has 2 rings (SSSR count). The van der Waals surface area contributed by atoms with Gasteiger partial charge in [0.05, 0.1) is 12.2 Å². The highest BCUT2D eigenvalue weighted by molar-refractivity contribution is 5.90. The lowest BCUT2D eigenvalue weighted by Gasteiger charge is -2.05. The Bertz CT molecular complexity index is 583. The van der Waals surface area contributed by atoms with Gasteiger partial charge in [-0.2, -0.15) is 0 Å². The summed E-state index contributed by atoms with van der Waals surface area (Å²) >= 11 is 0. The summed E-state index contributed by atoms with van der Waals surface area (Å²) < 4.78 is 7.14. The Kier molecular flexibility index (Phi) is 3.29. The Morgan fingerprint density at radius 3 is 2.89 bits per heavy atom. The standard InChI is InChI=1S/C12H13N3O3/c1-8-2-3-9(7-16)15(8)6-10-4-5-11(18-10)12(17)14-13/h2-5,7H,6,13H2,1H3,(H,14,17). The number of hydrogen-bond donors (Lipinski definition) is 2. The second-order valence-corrected chi connectivity index (χ2v) is 3.84. The zero-order chi connectivity index (χ0) is 13.1. The number of amides is 1. The molecule has 0 aliphatic carbocycles. The van der Waals surface area contributed by atoms with Gasteiger partial charge in [-0.05, 0) is 31.2 Å². The third kappa shape index (κ3) is 2.18. The number of nitrogens with zero attached hydrogens (tertiary/aromatic N) is 1. The number of rotatable bonds is 4. The first kappa shape index (κ1) is 12.1. The van der Waals surface area contributed by atoms with Crippen LogP contribution in [0.3, 0.4) is 0 Å². The highest BCUT2D eigenvalue weighted by Crippen LogP contribution is 2.13. The molecule has 0 radical (unpaired) electrons. The molecule has 0 saturated heterocycles. The molecule has 6 nitrogen and oxygen atoms in total. The van der Waals surface area contributed by atoms with E-state index in [1.54, 1.807) is 16.7 Å². The van der Waals surface area contributed by atoms with E-state index in [-0.39, 0.29) is 5.76 Å². The number of nitrogen functional groups attached to an aromatic ring is 1. The maximum Gasteiger partial charge on any atom is 0.300 e. The van der Waals surface area contributed by atoms with Gasteiger partial charge in [-0.15, -0.1) is 0 Å². The minimum Gasteiger partial charge on any atom is -0.454 e. The predicted molar refractivity (Wildman–Crippen MR) is 64.0 cm³/mol. The average Bonchev–Trinajstić information content (AvgIpc) is 2.97. The van der Waals surface area contributed by atoms with Gasteiger partial charge in [-0.1, -0.05) is 0 Å². The monoisotopic (exact) mass is 247 g/mol. The number of nitrogens with one attached hydrogen (secondary N) is 1. The summed E-state index contributed by atoms with van der Waals surface area (Å²) in [5.74, 6) is 5.25. The van der Waals surface area contributed by atoms with Crippen LogP contribution < -0.4 is 11.3 Å². The maximum absolute atomic E-state index is 11.2. The molecule has 0 saturated carbocycles. The lowest BCUT2D eigenvalue weighted by atomic mass is 10.4. The van der Waals surface area contributed by atoms with Crippen LogP contribution in [0.15, 0.2) is 28.7 Å². The fourth-order valence-corrected chi connectivity index (χ4v) is 1.72. The Balaban J connectivity index is 2.23. The number of carbonyl (C=O) groups excluding carboxylic acids is 2. The molecule has 2 aromatic heterocycles. The van der Waals surface area contributed by atoms with Crippen LogP contribution >= 0.6 is 0 Å². The zero-order valence-electron chi connectivity index (χ0n) is 9.84. The van der Waals surface area contributed by atoms with E-state index in [9.17, 15) is 9.59 Å². The third-order valence-electron chi connectivity index (χ3n) is 2.68. The van der Waals surface area contributed by atoms with Gasteiger partial charge in [-0.3, -0.25) is 15.0 Å². The predicted octanol–water partition coefficient (Wildman–Crippen LogP) is 0.854. The molecule has 2 heterocycles. The van der Waals surface area contributed by atoms with Gasteiger partial charge in [0, 0.05) is 5.69 Å². The SMILES string of the molecule is Cc1ccc(C=O)n1Cc1ccc(C(=O)NN)o1. The summed E-state index contributed by atoms with van der Waals surface area (Å²) in [6, 6.07) is 6.80. The normalized spacial score (nSPS) is 10.3. The Morgan fingerprint density at radius 1 is 1.44 bits per heavy atom. The van der Waals surface area contributed by atoms with E-state index in [4.69, 9.17) is 10.3 Å². The Labute approximate surface area is 103 Å². The van der Waals surface area contributed by atoms with Crippen LogP contribution in [-0.4, -0.2) is 16.8 Å². The molecule has 2 aromatic rings. The van der Waals surface area contributed by atoms with Crippen molar-refractivity contribution in [3.63, 3.8) is 0 Å². The molecule has 3 N–H and O–H groups in total. The van der Waals surface area contributed by atoms with Crippen molar-refractivity contribution >= 4 is 12.2 Å². The number of furan rings is 1. The lowest BCUT2D eigenvalue weighted by molar-refractivity contribution is 0.0923. The van der Waals surface area contributed by atoms with Crippen molar-refractivity contribution in [3.8, 4) is 0 Å². The molecule has 0 fully saturated rings. The van der Waals surface area contributed by atoms with E-state index < -0.39 is 5.91 Å². The molecule has 0 unspecified atom stereocenters. The lowest BCUT2D eigenvalue weighted by Crippen LogP contribution is -2.29. The first-order valence-corrected chi connectivity index (χ1v) is 5.36. The molecular weight excluding hydrogens is 234 g/mol. The molecule has 0 bridgehead atoms. The number of hydrogen-bond acceptors (Lipinski definition) is 4. The molecule has 0 aliphatic rings. The molecule has 0 atom stereocenters. The summed E-state index contributed by atoms with van der Waals surface area (Å²) in [7, 11) is 0. The molecule has 0 aliphatic heterocycles. The number of nitrogens with two attached hydrogens (primary N) is 1. The number of aryl methyl sites for hydroxylation is 1. The van der Waals surface area contributed by atoms with Crippen LogP contribution in [0.4, 0.5) is 0 Å². The van der Waals surface area contributed by atoms with Crippen LogP contribution in [0.2, 0.25) is 0 Å². The molecule has 18 heavy (non-hydrogen) atoms. The van der Waals surface area contributed by atoms with Crippen molar-refractivity contribution in [2.24, 2.45) is 5.84 Å². The summed E-state index contributed by atoms with van der Waals surface area (Å²) in [4.78, 5) is 22.1. The molecule has 6 heteroatoms. The van der Waals surface area contributed by atoms with Crippen LogP contribution in [-0.2, 0) is 6.54 Å². The second-order valence-electron chi connectivity index (χ2n) is 3.84. The van der Waals surface area contributed by atoms with Crippen LogP contribution in [0.1, 0.15) is 32.5 Å². The van der Waals surface area contributed by atoms with Gasteiger partial charge in [0.25, 0.3) is 0 Å². The number of carbonyl (C=O) groups is 2. The quantitative estimate of drug-likeness (QED) is 0.363. The minimum absolute atomic E-state index is 0.143. The molecule has 94 valence electrons. The van der Waals surface area contributed by atoms with Crippen molar-refractivity contribution < 1.29 is 14.0 Å². The average molecular weight is 247 g/mol. The van der Waals surface area contributed by atoms with Gasteiger partial charge < -0.3 is 8.98 Å². The third-order valence-corrected chi connectivity index (χ3v) is 2.68. The first-order chi connectivity index (χ1) is 8.65. The summed E-state index contributed by atoms with van der Waals surface area (Å²) in [5, 5.41) is 0. The Morgan fingerprint density at radius 2 is 2.22 bits per heavy atom. The summed E-state index contributed by atoms with van der Waals surface area (Å²) in [5.41, 5.74) is 3.50. The number of hydrazine groups is 1. The minimum atomic E-state index is -0.485. The summed E-state index contributed by atoms with van der Waals surface area (Å²) in [6.07, 6.45) is 0.781. The van der Waals surface area contributed by atoms with E-state index in [1.807, 2.05) is 18.4 Å². The first-order valence-electron chi connectivity index (χ1n) is 5.36. The van der Waals surface area contributed by atoms with Gasteiger partial charge in [-0.25, -0.2) is 5.84 Å². The zero-order valence-corrected chi connectivity index (χ0v) is 9.84. The fraction of sp³-hybridized carbons (Fsp3) is 0.167. The van der Waals surface area contributed by atoms with E-state index in [0.29, 0.717) is 18.0 Å². The molecule has 0 spiro atoms. The molecular formula is C12H13N3O3. The summed E-state index contributed by atoms with van der Waals surface area (Å²) in [6.45, 7) is 2.29. The van der Waals surface area contributed by atoms with Crippen molar-refractivity contribution in [1.29, 1.82) is 0 Å². The Hall–Kier alpha value is -2.34.